The third kappa shape index (κ3) is 3.02. The Labute approximate surface area is 144 Å². The number of fused-ring (bicyclic) bond motifs is 1. The fourth-order valence-electron chi connectivity index (χ4n) is 3.06. The molecule has 1 aromatic heterocycles. The van der Waals surface area contributed by atoms with Crippen molar-refractivity contribution in [3.05, 3.63) is 36.2 Å². The van der Waals surface area contributed by atoms with E-state index in [0.717, 1.165) is 13.0 Å². The molecule has 0 bridgehead atoms. The number of ether oxygens (including phenoxy) is 3. The monoisotopic (exact) mass is 342 g/mol. The van der Waals surface area contributed by atoms with Gasteiger partial charge in [-0.15, -0.1) is 0 Å². The number of hydrogen-bond donors (Lipinski definition) is 1. The van der Waals surface area contributed by atoms with Crippen LogP contribution in [0.3, 0.4) is 0 Å². The van der Waals surface area contributed by atoms with Gasteiger partial charge < -0.3 is 24.4 Å². The van der Waals surface area contributed by atoms with Crippen molar-refractivity contribution >= 4 is 11.7 Å². The molecule has 0 unspecified atom stereocenters. The maximum atomic E-state index is 12.5. The lowest BCUT2D eigenvalue weighted by molar-refractivity contribution is 0.0940. The van der Waals surface area contributed by atoms with Crippen molar-refractivity contribution in [3.63, 3.8) is 0 Å². The zero-order chi connectivity index (χ0) is 17.2. The Kier molecular flexibility index (Phi) is 4.01. The molecule has 0 spiro atoms. The molecule has 1 atom stereocenters. The van der Waals surface area contributed by atoms with Gasteiger partial charge in [0.1, 0.15) is 0 Å². The Morgan fingerprint density at radius 3 is 3.00 bits per heavy atom. The molecule has 25 heavy (non-hydrogen) atoms. The molecule has 1 fully saturated rings. The number of carbonyl (C=O) groups excluding carboxylic acids is 1. The smallest absolute Gasteiger partial charge is 0.257 e. The Bertz CT molecular complexity index is 798. The zero-order valence-corrected chi connectivity index (χ0v) is 13.8. The number of benzene rings is 1. The Balaban J connectivity index is 1.41. The van der Waals surface area contributed by atoms with Gasteiger partial charge in [-0.3, -0.25) is 4.79 Å². The number of aromatic nitrogens is 2. The molecule has 130 valence electrons. The normalized spacial score (nSPS) is 18.3. The first-order valence-electron chi connectivity index (χ1n) is 8.05. The van der Waals surface area contributed by atoms with Gasteiger partial charge in [-0.25, -0.2) is 9.97 Å². The van der Waals surface area contributed by atoms with Gasteiger partial charge in [0.25, 0.3) is 11.8 Å². The van der Waals surface area contributed by atoms with Crippen molar-refractivity contribution in [2.24, 2.45) is 0 Å². The van der Waals surface area contributed by atoms with Gasteiger partial charge in [-0.2, -0.15) is 0 Å². The Morgan fingerprint density at radius 2 is 2.12 bits per heavy atom. The molecule has 0 saturated carbocycles. The lowest BCUT2D eigenvalue weighted by atomic mass is 10.1. The SMILES string of the molecule is COc1nccnc1N1CC[C@@H](NC(=O)c2ccc3c(c2)OCO3)C1. The molecular formula is C17H18N4O4. The fourth-order valence-corrected chi connectivity index (χ4v) is 3.06. The summed E-state index contributed by atoms with van der Waals surface area (Å²) in [5.41, 5.74) is 0.555. The van der Waals surface area contributed by atoms with Crippen molar-refractivity contribution in [3.8, 4) is 17.4 Å². The minimum absolute atomic E-state index is 0.0321. The highest BCUT2D eigenvalue weighted by Gasteiger charge is 2.28. The van der Waals surface area contributed by atoms with E-state index in [-0.39, 0.29) is 18.7 Å². The van der Waals surface area contributed by atoms with Crippen LogP contribution in [0.4, 0.5) is 5.82 Å². The van der Waals surface area contributed by atoms with E-state index in [1.54, 1.807) is 37.7 Å². The third-order valence-corrected chi connectivity index (χ3v) is 4.30. The Hall–Kier alpha value is -3.03. The number of nitrogens with one attached hydrogen (secondary N) is 1. The third-order valence-electron chi connectivity index (χ3n) is 4.30. The number of hydrogen-bond acceptors (Lipinski definition) is 7. The van der Waals surface area contributed by atoms with Crippen LogP contribution in [0.5, 0.6) is 17.4 Å². The molecule has 1 saturated heterocycles. The lowest BCUT2D eigenvalue weighted by Gasteiger charge is -2.19. The van der Waals surface area contributed by atoms with Crippen LogP contribution in [0.25, 0.3) is 0 Å². The van der Waals surface area contributed by atoms with E-state index in [0.29, 0.717) is 35.3 Å². The quantitative estimate of drug-likeness (QED) is 0.894. The number of rotatable bonds is 4. The largest absolute Gasteiger partial charge is 0.478 e. The molecule has 0 radical (unpaired) electrons. The summed E-state index contributed by atoms with van der Waals surface area (Å²) in [4.78, 5) is 23.1. The van der Waals surface area contributed by atoms with Gasteiger partial charge in [-0.05, 0) is 24.6 Å². The predicted molar refractivity (Wildman–Crippen MR) is 89.2 cm³/mol. The molecule has 1 aromatic carbocycles. The van der Waals surface area contributed by atoms with E-state index in [4.69, 9.17) is 14.2 Å². The van der Waals surface area contributed by atoms with E-state index in [1.807, 2.05) is 0 Å². The fraction of sp³-hybridized carbons (Fsp3) is 0.353. The van der Waals surface area contributed by atoms with Crippen LogP contribution in [-0.2, 0) is 0 Å². The molecule has 2 aliphatic heterocycles. The molecule has 2 aliphatic rings. The average molecular weight is 342 g/mol. The minimum Gasteiger partial charge on any atom is -0.478 e. The molecule has 2 aromatic rings. The van der Waals surface area contributed by atoms with Crippen LogP contribution >= 0.6 is 0 Å². The van der Waals surface area contributed by atoms with Crippen molar-refractivity contribution in [1.82, 2.24) is 15.3 Å². The summed E-state index contributed by atoms with van der Waals surface area (Å²) in [7, 11) is 1.57. The summed E-state index contributed by atoms with van der Waals surface area (Å²) in [5.74, 6) is 2.33. The van der Waals surface area contributed by atoms with Crippen molar-refractivity contribution < 1.29 is 19.0 Å². The summed E-state index contributed by atoms with van der Waals surface area (Å²) >= 11 is 0. The first kappa shape index (κ1) is 15.5. The molecule has 3 heterocycles. The first-order chi connectivity index (χ1) is 12.2. The summed E-state index contributed by atoms with van der Waals surface area (Å²) in [6.45, 7) is 1.63. The number of methoxy groups -OCH3 is 1. The molecule has 8 heteroatoms. The topological polar surface area (TPSA) is 85.8 Å². The Morgan fingerprint density at radius 1 is 1.28 bits per heavy atom. The number of nitrogens with zero attached hydrogens (tertiary/aromatic N) is 3. The van der Waals surface area contributed by atoms with E-state index in [9.17, 15) is 4.79 Å². The van der Waals surface area contributed by atoms with Crippen molar-refractivity contribution in [2.75, 3.05) is 31.9 Å². The van der Waals surface area contributed by atoms with Crippen molar-refractivity contribution in [1.29, 1.82) is 0 Å². The molecular weight excluding hydrogens is 324 g/mol. The highest BCUT2D eigenvalue weighted by molar-refractivity contribution is 5.95. The van der Waals surface area contributed by atoms with Gasteiger partial charge in [0.2, 0.25) is 6.79 Å². The second-order valence-electron chi connectivity index (χ2n) is 5.86. The summed E-state index contributed by atoms with van der Waals surface area (Å²) in [5, 5.41) is 3.06. The van der Waals surface area contributed by atoms with Crippen LogP contribution in [0.15, 0.2) is 30.6 Å². The summed E-state index contributed by atoms with van der Waals surface area (Å²) in [6.07, 6.45) is 4.06. The number of anilines is 1. The molecule has 1 amide bonds. The van der Waals surface area contributed by atoms with Crippen LogP contribution < -0.4 is 24.4 Å². The summed E-state index contributed by atoms with van der Waals surface area (Å²) < 4.78 is 15.8. The molecule has 4 rings (SSSR count). The number of carbonyl (C=O) groups is 1. The number of amides is 1. The zero-order valence-electron chi connectivity index (χ0n) is 13.8. The maximum absolute atomic E-state index is 12.5. The van der Waals surface area contributed by atoms with Gasteiger partial charge >= 0.3 is 0 Å². The highest BCUT2D eigenvalue weighted by Crippen LogP contribution is 2.32. The predicted octanol–water partition coefficient (Wildman–Crippen LogP) is 1.22. The van der Waals surface area contributed by atoms with E-state index in [2.05, 4.69) is 20.2 Å². The second kappa shape index (κ2) is 6.46. The lowest BCUT2D eigenvalue weighted by Crippen LogP contribution is -2.37. The standard InChI is InChI=1S/C17H18N4O4/c1-23-17-15(18-5-6-19-17)21-7-4-12(9-21)20-16(22)11-2-3-13-14(8-11)25-10-24-13/h2-3,5-6,8,12H,4,7,9-10H2,1H3,(H,20,22)/t12-/m1/s1. The van der Waals surface area contributed by atoms with Crippen LogP contribution in [0.1, 0.15) is 16.8 Å². The van der Waals surface area contributed by atoms with Gasteiger partial charge in [0, 0.05) is 37.1 Å². The molecule has 1 N–H and O–H groups in total. The first-order valence-corrected chi connectivity index (χ1v) is 8.05. The van der Waals surface area contributed by atoms with Gasteiger partial charge in [0.15, 0.2) is 17.3 Å². The van der Waals surface area contributed by atoms with E-state index in [1.165, 1.54) is 0 Å². The summed E-state index contributed by atoms with van der Waals surface area (Å²) in [6, 6.07) is 5.23. The van der Waals surface area contributed by atoms with E-state index >= 15 is 0 Å². The highest BCUT2D eigenvalue weighted by atomic mass is 16.7. The van der Waals surface area contributed by atoms with E-state index < -0.39 is 0 Å². The van der Waals surface area contributed by atoms with Gasteiger partial charge in [0.05, 0.1) is 7.11 Å². The van der Waals surface area contributed by atoms with Crippen LogP contribution in [-0.4, -0.2) is 48.9 Å². The average Bonchev–Trinajstić information content (AvgIpc) is 3.30. The van der Waals surface area contributed by atoms with Crippen molar-refractivity contribution in [2.45, 2.75) is 12.5 Å². The second-order valence-corrected chi connectivity index (χ2v) is 5.86. The van der Waals surface area contributed by atoms with Crippen LogP contribution in [0.2, 0.25) is 0 Å². The molecule has 0 aliphatic carbocycles. The minimum atomic E-state index is -0.128. The maximum Gasteiger partial charge on any atom is 0.257 e. The van der Waals surface area contributed by atoms with Gasteiger partial charge in [-0.1, -0.05) is 0 Å². The molecule has 8 nitrogen and oxygen atoms in total. The van der Waals surface area contributed by atoms with Crippen LogP contribution in [0, 0.1) is 0 Å².